The molecule has 1 saturated carbocycles. The van der Waals surface area contributed by atoms with E-state index in [9.17, 15) is 9.59 Å². The Kier molecular flexibility index (Phi) is 3.01. The fraction of sp³-hybridized carbons (Fsp3) is 0.692. The molecule has 0 spiro atoms. The van der Waals surface area contributed by atoms with Gasteiger partial charge >= 0.3 is 6.03 Å². The van der Waals surface area contributed by atoms with E-state index in [0.29, 0.717) is 11.7 Å². The van der Waals surface area contributed by atoms with Gasteiger partial charge in [0.05, 0.1) is 5.54 Å². The van der Waals surface area contributed by atoms with Crippen molar-refractivity contribution in [3.8, 4) is 0 Å². The summed E-state index contributed by atoms with van der Waals surface area (Å²) in [5, 5.41) is 6.23. The molecule has 8 heteroatoms. The molecule has 8 nitrogen and oxygen atoms in total. The maximum absolute atomic E-state index is 11.8. The lowest BCUT2D eigenvalue weighted by Crippen LogP contribution is -2.43. The second kappa shape index (κ2) is 4.52. The average Bonchev–Trinajstić information content (AvgIpc) is 3.08. The predicted octanol–water partition coefficient (Wildman–Crippen LogP) is 0.628. The summed E-state index contributed by atoms with van der Waals surface area (Å²) in [6.45, 7) is 3.44. The summed E-state index contributed by atoms with van der Waals surface area (Å²) in [4.78, 5) is 29.2. The van der Waals surface area contributed by atoms with E-state index in [1.165, 1.54) is 4.90 Å². The Hall–Kier alpha value is -1.96. The van der Waals surface area contributed by atoms with Crippen LogP contribution >= 0.6 is 0 Å². The van der Waals surface area contributed by atoms with E-state index in [1.807, 2.05) is 0 Å². The number of hydrogen-bond donors (Lipinski definition) is 2. The van der Waals surface area contributed by atoms with Crippen LogP contribution in [-0.2, 0) is 16.9 Å². The maximum atomic E-state index is 11.8. The van der Waals surface area contributed by atoms with Gasteiger partial charge < -0.3 is 15.2 Å². The first-order valence-electron chi connectivity index (χ1n) is 7.08. The Balaban J connectivity index is 1.79. The lowest BCUT2D eigenvalue weighted by atomic mass is 9.99. The highest BCUT2D eigenvalue weighted by Gasteiger charge is 2.46. The van der Waals surface area contributed by atoms with Gasteiger partial charge in [0, 0.05) is 0 Å². The molecule has 21 heavy (non-hydrogen) atoms. The normalized spacial score (nSPS) is 23.7. The molecule has 2 aliphatic rings. The standard InChI is InChI=1S/C13H19N5O3/c1-12(2)10(19)16-11(20)18(12)7-8-15-9(17-21-8)13(14)5-3-4-6-13/h3-7,14H2,1-2H3,(H,16,19,20). The highest BCUT2D eigenvalue weighted by molar-refractivity contribution is 6.06. The Morgan fingerprint density at radius 3 is 2.57 bits per heavy atom. The summed E-state index contributed by atoms with van der Waals surface area (Å²) < 4.78 is 5.21. The number of aromatic nitrogens is 2. The second-order valence-corrected chi connectivity index (χ2v) is 6.28. The molecule has 1 aromatic heterocycles. The molecule has 1 aromatic rings. The lowest BCUT2D eigenvalue weighted by Gasteiger charge is -2.26. The third kappa shape index (κ3) is 2.19. The maximum Gasteiger partial charge on any atom is 0.325 e. The van der Waals surface area contributed by atoms with Gasteiger partial charge in [-0.05, 0) is 26.7 Å². The molecular weight excluding hydrogens is 274 g/mol. The largest absolute Gasteiger partial charge is 0.337 e. The number of rotatable bonds is 3. The first-order chi connectivity index (χ1) is 9.83. The van der Waals surface area contributed by atoms with Crippen molar-refractivity contribution in [1.29, 1.82) is 0 Å². The van der Waals surface area contributed by atoms with Crippen molar-refractivity contribution in [2.24, 2.45) is 5.73 Å². The fourth-order valence-corrected chi connectivity index (χ4v) is 2.85. The van der Waals surface area contributed by atoms with Crippen molar-refractivity contribution >= 4 is 11.9 Å². The van der Waals surface area contributed by atoms with Gasteiger partial charge in [0.15, 0.2) is 5.82 Å². The van der Waals surface area contributed by atoms with E-state index in [2.05, 4.69) is 15.5 Å². The van der Waals surface area contributed by atoms with Crippen LogP contribution in [-0.4, -0.2) is 32.5 Å². The molecule has 3 amide bonds. The fourth-order valence-electron chi connectivity index (χ4n) is 2.85. The molecule has 3 N–H and O–H groups in total. The third-order valence-electron chi connectivity index (χ3n) is 4.40. The zero-order chi connectivity index (χ0) is 15.3. The Morgan fingerprint density at radius 1 is 1.33 bits per heavy atom. The van der Waals surface area contributed by atoms with Crippen LogP contribution in [0.15, 0.2) is 4.52 Å². The third-order valence-corrected chi connectivity index (χ3v) is 4.40. The highest BCUT2D eigenvalue weighted by Crippen LogP contribution is 2.34. The summed E-state index contributed by atoms with van der Waals surface area (Å²) in [5.74, 6) is 0.441. The summed E-state index contributed by atoms with van der Waals surface area (Å²) >= 11 is 0. The van der Waals surface area contributed by atoms with Gasteiger partial charge in [-0.3, -0.25) is 10.1 Å². The first-order valence-corrected chi connectivity index (χ1v) is 7.08. The van der Waals surface area contributed by atoms with E-state index in [1.54, 1.807) is 13.8 Å². The monoisotopic (exact) mass is 293 g/mol. The molecule has 3 rings (SSSR count). The first kappa shape index (κ1) is 14.0. The molecular formula is C13H19N5O3. The van der Waals surface area contributed by atoms with Crippen molar-refractivity contribution in [3.63, 3.8) is 0 Å². The summed E-state index contributed by atoms with van der Waals surface area (Å²) in [6, 6.07) is -0.451. The van der Waals surface area contributed by atoms with Gasteiger partial charge in [-0.15, -0.1) is 0 Å². The van der Waals surface area contributed by atoms with Gasteiger partial charge in [0.2, 0.25) is 5.89 Å². The van der Waals surface area contributed by atoms with E-state index in [4.69, 9.17) is 10.3 Å². The second-order valence-electron chi connectivity index (χ2n) is 6.28. The van der Waals surface area contributed by atoms with Crippen molar-refractivity contribution in [1.82, 2.24) is 20.4 Å². The smallest absolute Gasteiger partial charge is 0.325 e. The number of urea groups is 1. The number of hydrogen-bond acceptors (Lipinski definition) is 6. The topological polar surface area (TPSA) is 114 Å². The van der Waals surface area contributed by atoms with E-state index in [0.717, 1.165) is 25.7 Å². The number of imide groups is 1. The molecule has 0 radical (unpaired) electrons. The van der Waals surface area contributed by atoms with Gasteiger partial charge in [0.1, 0.15) is 12.1 Å². The quantitative estimate of drug-likeness (QED) is 0.790. The van der Waals surface area contributed by atoms with Crippen LogP contribution in [0.4, 0.5) is 4.79 Å². The van der Waals surface area contributed by atoms with Crippen molar-refractivity contribution in [2.45, 2.75) is 57.2 Å². The van der Waals surface area contributed by atoms with Crippen LogP contribution in [0, 0.1) is 0 Å². The van der Waals surface area contributed by atoms with Crippen molar-refractivity contribution in [3.05, 3.63) is 11.7 Å². The molecule has 1 aliphatic carbocycles. The number of carbonyl (C=O) groups excluding carboxylic acids is 2. The minimum Gasteiger partial charge on any atom is -0.337 e. The molecule has 2 fully saturated rings. The molecule has 114 valence electrons. The molecule has 0 bridgehead atoms. The van der Waals surface area contributed by atoms with Crippen LogP contribution in [0.3, 0.4) is 0 Å². The van der Waals surface area contributed by atoms with Crippen LogP contribution in [0.1, 0.15) is 51.2 Å². The molecule has 1 saturated heterocycles. The van der Waals surface area contributed by atoms with E-state index >= 15 is 0 Å². The zero-order valence-corrected chi connectivity index (χ0v) is 12.2. The SMILES string of the molecule is CC1(C)C(=O)NC(=O)N1Cc1nc(C2(N)CCCC2)no1. The number of nitrogens with zero attached hydrogens (tertiary/aromatic N) is 3. The number of amides is 3. The van der Waals surface area contributed by atoms with Crippen LogP contribution in [0.5, 0.6) is 0 Å². The Bertz CT molecular complexity index is 588. The summed E-state index contributed by atoms with van der Waals surface area (Å²) in [5.41, 5.74) is 4.81. The molecule has 0 unspecified atom stereocenters. The van der Waals surface area contributed by atoms with Gasteiger partial charge in [-0.25, -0.2) is 4.79 Å². The molecule has 0 aromatic carbocycles. The highest BCUT2D eigenvalue weighted by atomic mass is 16.5. The summed E-state index contributed by atoms with van der Waals surface area (Å²) in [6.07, 6.45) is 3.77. The number of nitrogens with one attached hydrogen (secondary N) is 1. The van der Waals surface area contributed by atoms with Gasteiger partial charge in [-0.2, -0.15) is 4.98 Å². The lowest BCUT2D eigenvalue weighted by molar-refractivity contribution is -0.125. The number of nitrogens with two attached hydrogens (primary N) is 1. The molecule has 0 atom stereocenters. The summed E-state index contributed by atoms with van der Waals surface area (Å²) in [7, 11) is 0. The molecule has 2 heterocycles. The van der Waals surface area contributed by atoms with Crippen LogP contribution < -0.4 is 11.1 Å². The average molecular weight is 293 g/mol. The van der Waals surface area contributed by atoms with E-state index in [-0.39, 0.29) is 12.5 Å². The minimum atomic E-state index is -0.931. The number of carbonyl (C=O) groups is 2. The Labute approximate surface area is 122 Å². The molecule has 1 aliphatic heterocycles. The predicted molar refractivity (Wildman–Crippen MR) is 71.8 cm³/mol. The zero-order valence-electron chi connectivity index (χ0n) is 12.2. The van der Waals surface area contributed by atoms with Crippen LogP contribution in [0.2, 0.25) is 0 Å². The minimum absolute atomic E-state index is 0.0909. The Morgan fingerprint density at radius 2 is 2.00 bits per heavy atom. The van der Waals surface area contributed by atoms with Gasteiger partial charge in [-0.1, -0.05) is 18.0 Å². The van der Waals surface area contributed by atoms with Crippen molar-refractivity contribution < 1.29 is 14.1 Å². The van der Waals surface area contributed by atoms with Gasteiger partial charge in [0.25, 0.3) is 5.91 Å². The van der Waals surface area contributed by atoms with Crippen LogP contribution in [0.25, 0.3) is 0 Å². The van der Waals surface area contributed by atoms with E-state index < -0.39 is 17.1 Å². The van der Waals surface area contributed by atoms with Crippen molar-refractivity contribution in [2.75, 3.05) is 0 Å².